The largest absolute Gasteiger partial charge is 0.377 e. The Morgan fingerprint density at radius 2 is 1.95 bits per heavy atom. The van der Waals surface area contributed by atoms with Crippen molar-refractivity contribution in [2.24, 2.45) is 5.73 Å². The second-order valence-corrected chi connectivity index (χ2v) is 6.29. The van der Waals surface area contributed by atoms with Crippen LogP contribution in [0.3, 0.4) is 0 Å². The second kappa shape index (κ2) is 5.84. The lowest BCUT2D eigenvalue weighted by Gasteiger charge is -2.34. The number of ether oxygens (including phenoxy) is 1. The molecule has 1 aromatic rings. The molecule has 0 amide bonds. The zero-order chi connectivity index (χ0) is 14.1. The summed E-state index contributed by atoms with van der Waals surface area (Å²) in [6, 6.07) is 9.88. The standard InChI is InChI=1S/C17H26N2O/c1-12-16(9-10-20-12)19(2)17(11-18)15-7-5-14(6-8-15)13-3-4-13/h5-8,12-13,16-17H,3-4,9-11,18H2,1-2H3. The average Bonchev–Trinajstić information content (AvgIpc) is 3.22. The molecule has 3 unspecified atom stereocenters. The van der Waals surface area contributed by atoms with Crippen molar-refractivity contribution in [3.63, 3.8) is 0 Å². The molecule has 1 saturated heterocycles. The molecule has 3 atom stereocenters. The van der Waals surface area contributed by atoms with Crippen molar-refractivity contribution in [2.45, 2.75) is 50.3 Å². The van der Waals surface area contributed by atoms with Gasteiger partial charge in [-0.15, -0.1) is 0 Å². The summed E-state index contributed by atoms with van der Waals surface area (Å²) in [6.45, 7) is 3.69. The van der Waals surface area contributed by atoms with Gasteiger partial charge in [-0.1, -0.05) is 24.3 Å². The van der Waals surface area contributed by atoms with Crippen LogP contribution in [-0.4, -0.2) is 37.2 Å². The van der Waals surface area contributed by atoms with Crippen LogP contribution in [0.2, 0.25) is 0 Å². The van der Waals surface area contributed by atoms with Gasteiger partial charge in [-0.3, -0.25) is 4.90 Å². The minimum atomic E-state index is 0.289. The first-order valence-electron chi connectivity index (χ1n) is 7.84. The third kappa shape index (κ3) is 2.76. The van der Waals surface area contributed by atoms with Gasteiger partial charge in [0.2, 0.25) is 0 Å². The SMILES string of the molecule is CC1OCCC1N(C)C(CN)c1ccc(C2CC2)cc1. The Morgan fingerprint density at radius 3 is 2.45 bits per heavy atom. The first-order valence-corrected chi connectivity index (χ1v) is 7.84. The minimum Gasteiger partial charge on any atom is -0.377 e. The number of nitrogens with zero attached hydrogens (tertiary/aromatic N) is 1. The smallest absolute Gasteiger partial charge is 0.0703 e. The highest BCUT2D eigenvalue weighted by Crippen LogP contribution is 2.40. The molecule has 1 heterocycles. The summed E-state index contributed by atoms with van der Waals surface area (Å²) in [7, 11) is 2.18. The fourth-order valence-corrected chi connectivity index (χ4v) is 3.43. The molecule has 1 aliphatic heterocycles. The van der Waals surface area contributed by atoms with Gasteiger partial charge >= 0.3 is 0 Å². The summed E-state index contributed by atoms with van der Waals surface area (Å²) >= 11 is 0. The average molecular weight is 274 g/mol. The van der Waals surface area contributed by atoms with Gasteiger partial charge in [-0.05, 0) is 50.3 Å². The Labute approximate surface area is 122 Å². The van der Waals surface area contributed by atoms with Crippen LogP contribution in [0.25, 0.3) is 0 Å². The van der Waals surface area contributed by atoms with Crippen molar-refractivity contribution in [1.29, 1.82) is 0 Å². The number of hydrogen-bond donors (Lipinski definition) is 1. The number of likely N-dealkylation sites (N-methyl/N-ethyl adjacent to an activating group) is 1. The Morgan fingerprint density at radius 1 is 1.25 bits per heavy atom. The molecular weight excluding hydrogens is 248 g/mol. The molecule has 2 aliphatic rings. The number of rotatable bonds is 5. The zero-order valence-corrected chi connectivity index (χ0v) is 12.6. The van der Waals surface area contributed by atoms with Crippen molar-refractivity contribution in [3.05, 3.63) is 35.4 Å². The van der Waals surface area contributed by atoms with E-state index in [-0.39, 0.29) is 6.04 Å². The maximum atomic E-state index is 6.05. The maximum absolute atomic E-state index is 6.05. The monoisotopic (exact) mass is 274 g/mol. The normalized spacial score (nSPS) is 28.0. The van der Waals surface area contributed by atoms with E-state index in [0.29, 0.717) is 18.7 Å². The van der Waals surface area contributed by atoms with Crippen molar-refractivity contribution in [3.8, 4) is 0 Å². The third-order valence-corrected chi connectivity index (χ3v) is 4.94. The van der Waals surface area contributed by atoms with Crippen LogP contribution in [0.4, 0.5) is 0 Å². The van der Waals surface area contributed by atoms with Crippen LogP contribution >= 0.6 is 0 Å². The van der Waals surface area contributed by atoms with E-state index in [4.69, 9.17) is 10.5 Å². The van der Waals surface area contributed by atoms with E-state index in [9.17, 15) is 0 Å². The number of nitrogens with two attached hydrogens (primary N) is 1. The third-order valence-electron chi connectivity index (χ3n) is 4.94. The van der Waals surface area contributed by atoms with Crippen LogP contribution in [0.15, 0.2) is 24.3 Å². The van der Waals surface area contributed by atoms with Crippen molar-refractivity contribution >= 4 is 0 Å². The predicted molar refractivity (Wildman–Crippen MR) is 81.8 cm³/mol. The molecule has 3 rings (SSSR count). The van der Waals surface area contributed by atoms with Crippen LogP contribution in [0.1, 0.15) is 49.3 Å². The Hall–Kier alpha value is -0.900. The summed E-state index contributed by atoms with van der Waals surface area (Å²) in [6.07, 6.45) is 4.13. The Kier molecular flexibility index (Phi) is 4.11. The predicted octanol–water partition coefficient (Wildman–Crippen LogP) is 2.67. The molecular formula is C17H26N2O. The molecule has 3 nitrogen and oxygen atoms in total. The van der Waals surface area contributed by atoms with E-state index in [1.54, 1.807) is 0 Å². The molecule has 1 aromatic carbocycles. The quantitative estimate of drug-likeness (QED) is 0.897. The van der Waals surface area contributed by atoms with E-state index in [2.05, 4.69) is 43.1 Å². The summed E-state index contributed by atoms with van der Waals surface area (Å²) in [5.41, 5.74) is 8.87. The fourth-order valence-electron chi connectivity index (χ4n) is 3.43. The van der Waals surface area contributed by atoms with Gasteiger partial charge in [0.05, 0.1) is 6.10 Å². The lowest BCUT2D eigenvalue weighted by molar-refractivity contribution is 0.0686. The van der Waals surface area contributed by atoms with Gasteiger partial charge in [-0.25, -0.2) is 0 Å². The summed E-state index contributed by atoms with van der Waals surface area (Å²) in [5, 5.41) is 0. The first-order chi connectivity index (χ1) is 9.70. The van der Waals surface area contributed by atoms with E-state index in [1.165, 1.54) is 24.0 Å². The van der Waals surface area contributed by atoms with Gasteiger partial charge in [0.15, 0.2) is 0 Å². The fraction of sp³-hybridized carbons (Fsp3) is 0.647. The van der Waals surface area contributed by atoms with E-state index in [1.807, 2.05) is 0 Å². The highest BCUT2D eigenvalue weighted by atomic mass is 16.5. The number of benzene rings is 1. The van der Waals surface area contributed by atoms with Crippen LogP contribution in [-0.2, 0) is 4.74 Å². The van der Waals surface area contributed by atoms with Crippen molar-refractivity contribution in [1.82, 2.24) is 4.90 Å². The molecule has 0 bridgehead atoms. The van der Waals surface area contributed by atoms with Gasteiger partial charge in [0.25, 0.3) is 0 Å². The molecule has 0 aromatic heterocycles. The molecule has 0 spiro atoms. The second-order valence-electron chi connectivity index (χ2n) is 6.29. The molecule has 1 aliphatic carbocycles. The molecule has 0 radical (unpaired) electrons. The van der Waals surface area contributed by atoms with Gasteiger partial charge in [0.1, 0.15) is 0 Å². The highest BCUT2D eigenvalue weighted by molar-refractivity contribution is 5.30. The van der Waals surface area contributed by atoms with Gasteiger partial charge in [0, 0.05) is 25.2 Å². The van der Waals surface area contributed by atoms with Crippen molar-refractivity contribution < 1.29 is 4.74 Å². The minimum absolute atomic E-state index is 0.289. The molecule has 2 fully saturated rings. The lowest BCUT2D eigenvalue weighted by Crippen LogP contribution is -2.42. The summed E-state index contributed by atoms with van der Waals surface area (Å²) in [5.74, 6) is 0.821. The Bertz CT molecular complexity index is 441. The Balaban J connectivity index is 1.74. The number of hydrogen-bond acceptors (Lipinski definition) is 3. The van der Waals surface area contributed by atoms with Crippen molar-refractivity contribution in [2.75, 3.05) is 20.2 Å². The van der Waals surface area contributed by atoms with E-state index >= 15 is 0 Å². The van der Waals surface area contributed by atoms with Crippen LogP contribution < -0.4 is 5.73 Å². The molecule has 3 heteroatoms. The lowest BCUT2D eigenvalue weighted by atomic mass is 9.99. The van der Waals surface area contributed by atoms with Gasteiger partial charge in [-0.2, -0.15) is 0 Å². The molecule has 1 saturated carbocycles. The summed E-state index contributed by atoms with van der Waals surface area (Å²) in [4.78, 5) is 2.41. The summed E-state index contributed by atoms with van der Waals surface area (Å²) < 4.78 is 5.69. The van der Waals surface area contributed by atoms with E-state index in [0.717, 1.165) is 18.9 Å². The van der Waals surface area contributed by atoms with Gasteiger partial charge < -0.3 is 10.5 Å². The molecule has 110 valence electrons. The molecule has 2 N–H and O–H groups in total. The zero-order valence-electron chi connectivity index (χ0n) is 12.6. The highest BCUT2D eigenvalue weighted by Gasteiger charge is 2.32. The first kappa shape index (κ1) is 14.1. The maximum Gasteiger partial charge on any atom is 0.0703 e. The topological polar surface area (TPSA) is 38.5 Å². The molecule has 20 heavy (non-hydrogen) atoms. The van der Waals surface area contributed by atoms with Crippen LogP contribution in [0, 0.1) is 0 Å². The van der Waals surface area contributed by atoms with Crippen LogP contribution in [0.5, 0.6) is 0 Å². The van der Waals surface area contributed by atoms with E-state index < -0.39 is 0 Å².